The van der Waals surface area contributed by atoms with Crippen LogP contribution >= 0.6 is 0 Å². The van der Waals surface area contributed by atoms with Crippen molar-refractivity contribution >= 4 is 38.5 Å². The van der Waals surface area contributed by atoms with Gasteiger partial charge in [0, 0.05) is 36.4 Å². The Bertz CT molecular complexity index is 1640. The van der Waals surface area contributed by atoms with E-state index in [1.54, 1.807) is 19.9 Å². The van der Waals surface area contributed by atoms with Crippen LogP contribution in [0.25, 0.3) is 10.8 Å². The zero-order chi connectivity index (χ0) is 32.9. The molecule has 4 heterocycles. The minimum Gasteiger partial charge on any atom is -0.477 e. The van der Waals surface area contributed by atoms with Crippen molar-refractivity contribution in [3.63, 3.8) is 0 Å². The van der Waals surface area contributed by atoms with Crippen LogP contribution in [0.3, 0.4) is 0 Å². The van der Waals surface area contributed by atoms with E-state index in [1.165, 1.54) is 12.1 Å². The zero-order valence-electron chi connectivity index (χ0n) is 26.2. The van der Waals surface area contributed by atoms with Crippen LogP contribution in [-0.4, -0.2) is 74.2 Å². The number of nitrogens with one attached hydrogen (secondary N) is 2. The van der Waals surface area contributed by atoms with E-state index in [0.717, 1.165) is 25.2 Å². The number of nitrogens with zero attached hydrogens (tertiary/aromatic N) is 4. The second-order valence-electron chi connectivity index (χ2n) is 12.1. The van der Waals surface area contributed by atoms with Gasteiger partial charge in [0.05, 0.1) is 40.8 Å². The smallest absolute Gasteiger partial charge is 0.278 e. The van der Waals surface area contributed by atoms with Crippen LogP contribution in [0.2, 0.25) is 0 Å². The maximum atomic E-state index is 15.9. The Morgan fingerprint density at radius 1 is 1.15 bits per heavy atom. The Balaban J connectivity index is 1.48. The molecule has 2 aromatic heterocycles. The quantitative estimate of drug-likeness (QED) is 0.188. The first-order chi connectivity index (χ1) is 22.0. The van der Waals surface area contributed by atoms with E-state index in [-0.39, 0.29) is 48.8 Å². The number of aryl methyl sites for hydroxylation is 1. The number of carbonyl (C=O) groups excluding carboxylic acids is 1. The molecule has 0 radical (unpaired) electrons. The minimum atomic E-state index is -3.32. The van der Waals surface area contributed by atoms with Crippen molar-refractivity contribution in [3.05, 3.63) is 46.9 Å². The van der Waals surface area contributed by atoms with Crippen molar-refractivity contribution in [2.24, 2.45) is 5.92 Å². The van der Waals surface area contributed by atoms with Gasteiger partial charge in [-0.05, 0) is 65.1 Å². The molecule has 2 saturated heterocycles. The number of anilines is 2. The van der Waals surface area contributed by atoms with Crippen LogP contribution in [0, 0.1) is 18.7 Å². The minimum absolute atomic E-state index is 0.00692. The average Bonchev–Trinajstić information content (AvgIpc) is 3.04. The Hall–Kier alpha value is -3.52. The molecular weight excluding hydrogens is 621 g/mol. The van der Waals surface area contributed by atoms with Gasteiger partial charge in [-0.2, -0.15) is 10.1 Å². The summed E-state index contributed by atoms with van der Waals surface area (Å²) >= 11 is 0. The average molecular weight is 663 g/mol. The van der Waals surface area contributed by atoms with E-state index < -0.39 is 39.1 Å². The van der Waals surface area contributed by atoms with Crippen LogP contribution in [0.5, 0.6) is 5.88 Å². The Morgan fingerprint density at radius 3 is 2.61 bits per heavy atom. The number of piperidine rings is 1. The van der Waals surface area contributed by atoms with Crippen LogP contribution in [-0.2, 0) is 20.6 Å². The van der Waals surface area contributed by atoms with E-state index in [9.17, 15) is 13.2 Å². The molecule has 3 aromatic rings. The molecule has 2 fully saturated rings. The highest BCUT2D eigenvalue weighted by Crippen LogP contribution is 2.43. The number of rotatable bonds is 13. The molecular formula is C32H41F3N6O4S. The monoisotopic (exact) mass is 662 g/mol. The lowest BCUT2D eigenvalue weighted by Gasteiger charge is -2.31. The zero-order valence-corrected chi connectivity index (χ0v) is 27.0. The fourth-order valence-corrected chi connectivity index (χ4v) is 7.29. The number of hydrogen-bond acceptors (Lipinski definition) is 10. The fraction of sp³-hybridized carbons (Fsp3) is 0.562. The first-order valence-electron chi connectivity index (χ1n) is 15.9. The maximum absolute atomic E-state index is 15.9. The van der Waals surface area contributed by atoms with Crippen LogP contribution in [0.15, 0.2) is 24.3 Å². The highest BCUT2D eigenvalue weighted by atomic mass is 32.2. The number of benzene rings is 1. The third kappa shape index (κ3) is 7.54. The molecule has 5 rings (SSSR count). The number of sulfone groups is 1. The number of hydrogen-bond donors (Lipinski definition) is 2. The summed E-state index contributed by atoms with van der Waals surface area (Å²) in [4.78, 5) is 17.3. The summed E-state index contributed by atoms with van der Waals surface area (Å²) in [5.74, 6) is -4.16. The van der Waals surface area contributed by atoms with Crippen LogP contribution in [0.4, 0.5) is 24.8 Å². The van der Waals surface area contributed by atoms with Gasteiger partial charge in [-0.1, -0.05) is 18.2 Å². The van der Waals surface area contributed by atoms with Gasteiger partial charge in [0.1, 0.15) is 17.9 Å². The topological polar surface area (TPSA) is 126 Å². The molecule has 2 aliphatic heterocycles. The summed E-state index contributed by atoms with van der Waals surface area (Å²) in [7, 11) is -3.14. The lowest BCUT2D eigenvalue weighted by molar-refractivity contribution is -0.107. The van der Waals surface area contributed by atoms with Gasteiger partial charge >= 0.3 is 0 Å². The Kier molecular flexibility index (Phi) is 10.7. The van der Waals surface area contributed by atoms with Gasteiger partial charge in [-0.3, -0.25) is 0 Å². The van der Waals surface area contributed by atoms with E-state index in [2.05, 4.69) is 20.8 Å². The van der Waals surface area contributed by atoms with E-state index in [1.807, 2.05) is 4.90 Å². The Labute approximate surface area is 267 Å². The molecule has 10 nitrogen and oxygen atoms in total. The number of ether oxygens (including phenoxy) is 1. The van der Waals surface area contributed by atoms with Gasteiger partial charge in [0.25, 0.3) is 5.92 Å². The van der Waals surface area contributed by atoms with Gasteiger partial charge in [-0.25, -0.2) is 21.6 Å². The third-order valence-corrected chi connectivity index (χ3v) is 10.4. The maximum Gasteiger partial charge on any atom is 0.278 e. The number of pyridine rings is 1. The molecule has 250 valence electrons. The van der Waals surface area contributed by atoms with E-state index in [0.29, 0.717) is 60.7 Å². The van der Waals surface area contributed by atoms with E-state index in [4.69, 9.17) is 9.72 Å². The first kappa shape index (κ1) is 33.8. The summed E-state index contributed by atoms with van der Waals surface area (Å²) in [6.07, 6.45) is 4.13. The second kappa shape index (κ2) is 14.5. The van der Waals surface area contributed by atoms with Crippen molar-refractivity contribution in [2.45, 2.75) is 64.3 Å². The molecule has 46 heavy (non-hydrogen) atoms. The predicted molar refractivity (Wildman–Crippen MR) is 171 cm³/mol. The SMILES string of the molecule is Cc1nnc(N[C@H](C)c2cccc(C(F)(F)C3CCNCC3)c2F)c2cc(N3CCS(=O)(=O)CC3)nc(OCCCCCC=O)c12. The number of aromatic nitrogens is 3. The molecule has 0 bridgehead atoms. The van der Waals surface area contributed by atoms with Crippen molar-refractivity contribution in [1.82, 2.24) is 20.5 Å². The summed E-state index contributed by atoms with van der Waals surface area (Å²) in [6, 6.07) is 5.11. The van der Waals surface area contributed by atoms with Crippen molar-refractivity contribution in [2.75, 3.05) is 54.5 Å². The number of fused-ring (bicyclic) bond motifs is 1. The molecule has 2 N–H and O–H groups in total. The van der Waals surface area contributed by atoms with Crippen LogP contribution in [0.1, 0.15) is 68.3 Å². The van der Waals surface area contributed by atoms with Crippen molar-refractivity contribution < 1.29 is 31.1 Å². The molecule has 1 atom stereocenters. The summed E-state index contributed by atoms with van der Waals surface area (Å²) in [6.45, 7) is 5.22. The van der Waals surface area contributed by atoms with Crippen LogP contribution < -0.4 is 20.3 Å². The summed E-state index contributed by atoms with van der Waals surface area (Å²) < 4.78 is 77.3. The molecule has 1 aromatic carbocycles. The van der Waals surface area contributed by atoms with Crippen molar-refractivity contribution in [1.29, 1.82) is 0 Å². The molecule has 0 unspecified atom stereocenters. The standard InChI is InChI=1S/C32H41F3N6O4S/c1-21(24-8-7-9-26(29(24)33)32(34,35)23-10-12-36-13-11-23)37-30-25-20-27(41-14-18-46(43,44)19-15-41)38-31(28(25)22(2)39-40-30)45-17-6-4-3-5-16-42/h7-9,16,20-21,23,36H,3-6,10-15,17-19H2,1-2H3,(H,37,40)/t21-/m1/s1. The molecule has 2 aliphatic rings. The number of unbranched alkanes of at least 4 members (excludes halogenated alkanes) is 3. The molecule has 0 spiro atoms. The molecule has 0 aliphatic carbocycles. The van der Waals surface area contributed by atoms with Gasteiger partial charge in [-0.15, -0.1) is 5.10 Å². The number of aldehydes is 1. The second-order valence-corrected chi connectivity index (χ2v) is 14.4. The largest absolute Gasteiger partial charge is 0.477 e. The molecule has 0 saturated carbocycles. The van der Waals surface area contributed by atoms with Crippen molar-refractivity contribution in [3.8, 4) is 5.88 Å². The lowest BCUT2D eigenvalue weighted by Crippen LogP contribution is -2.40. The first-order valence-corrected chi connectivity index (χ1v) is 17.7. The predicted octanol–water partition coefficient (Wildman–Crippen LogP) is 5.11. The van der Waals surface area contributed by atoms with Gasteiger partial charge in [0.2, 0.25) is 5.88 Å². The number of alkyl halides is 2. The fourth-order valence-electron chi connectivity index (χ4n) is 6.09. The molecule has 14 heteroatoms. The number of halogens is 3. The van der Waals surface area contributed by atoms with Gasteiger partial charge in [0.15, 0.2) is 15.7 Å². The number of carbonyl (C=O) groups is 1. The normalized spacial score (nSPS) is 18.0. The summed E-state index contributed by atoms with van der Waals surface area (Å²) in [5, 5.41) is 16.1. The summed E-state index contributed by atoms with van der Waals surface area (Å²) in [5.41, 5.74) is 0.00364. The highest BCUT2D eigenvalue weighted by molar-refractivity contribution is 7.91. The third-order valence-electron chi connectivity index (χ3n) is 8.82. The Morgan fingerprint density at radius 2 is 1.89 bits per heavy atom. The van der Waals surface area contributed by atoms with E-state index >= 15 is 13.2 Å². The lowest BCUT2D eigenvalue weighted by atomic mass is 9.86. The highest BCUT2D eigenvalue weighted by Gasteiger charge is 2.44. The molecule has 0 amide bonds. The van der Waals surface area contributed by atoms with Gasteiger partial charge < -0.3 is 25.1 Å².